The normalized spacial score (nSPS) is 14.6. The zero-order chi connectivity index (χ0) is 22.9. The van der Waals surface area contributed by atoms with E-state index in [9.17, 15) is 4.79 Å². The first kappa shape index (κ1) is 22.8. The summed E-state index contributed by atoms with van der Waals surface area (Å²) >= 11 is 0. The first-order valence-electron chi connectivity index (χ1n) is 11.4. The van der Waals surface area contributed by atoms with Crippen LogP contribution in [0.1, 0.15) is 5.56 Å². The highest BCUT2D eigenvalue weighted by atomic mass is 16.5. The molecule has 1 aliphatic heterocycles. The maximum Gasteiger partial charge on any atom is 0.262 e. The van der Waals surface area contributed by atoms with Gasteiger partial charge in [0.05, 0.1) is 0 Å². The van der Waals surface area contributed by atoms with E-state index in [4.69, 9.17) is 9.47 Å². The molecular formula is C27H31N3O3. The van der Waals surface area contributed by atoms with E-state index in [1.165, 1.54) is 5.56 Å². The standard InChI is InChI=1S/C27H31N3O3/c1-29-17-19-30(20-18-29)16-15-22-7-9-23(10-8-22)28-27(31)21-32-24-11-13-26(14-12-24)33-25-5-3-2-4-6-25/h2-14H,15-21H2,1H3,(H,28,31). The number of likely N-dealkylation sites (N-methyl/N-ethyl adjacent to an activating group) is 1. The van der Waals surface area contributed by atoms with E-state index in [1.54, 1.807) is 12.1 Å². The van der Waals surface area contributed by atoms with Crippen molar-refractivity contribution in [3.63, 3.8) is 0 Å². The Morgan fingerprint density at radius 1 is 0.818 bits per heavy atom. The third-order valence-corrected chi connectivity index (χ3v) is 5.72. The van der Waals surface area contributed by atoms with Crippen molar-refractivity contribution < 1.29 is 14.3 Å². The van der Waals surface area contributed by atoms with Gasteiger partial charge in [0, 0.05) is 38.4 Å². The Balaban J connectivity index is 1.18. The Hall–Kier alpha value is -3.35. The molecule has 1 saturated heterocycles. The van der Waals surface area contributed by atoms with Crippen LogP contribution in [0.5, 0.6) is 17.2 Å². The number of hydrogen-bond donors (Lipinski definition) is 1. The quantitative estimate of drug-likeness (QED) is 0.533. The molecule has 33 heavy (non-hydrogen) atoms. The predicted octanol–water partition coefficient (Wildman–Crippen LogP) is 4.29. The van der Waals surface area contributed by atoms with Crippen molar-refractivity contribution in [1.29, 1.82) is 0 Å². The van der Waals surface area contributed by atoms with Gasteiger partial charge in [-0.3, -0.25) is 4.79 Å². The molecule has 6 heteroatoms. The second kappa shape index (κ2) is 11.5. The number of carbonyl (C=O) groups excluding carboxylic acids is 1. The van der Waals surface area contributed by atoms with Crippen LogP contribution in [-0.4, -0.2) is 62.1 Å². The first-order chi connectivity index (χ1) is 16.1. The maximum absolute atomic E-state index is 12.3. The van der Waals surface area contributed by atoms with E-state index in [1.807, 2.05) is 54.6 Å². The van der Waals surface area contributed by atoms with E-state index < -0.39 is 0 Å². The molecule has 3 aromatic carbocycles. The predicted molar refractivity (Wildman–Crippen MR) is 131 cm³/mol. The number of para-hydroxylation sites is 1. The molecule has 4 rings (SSSR count). The van der Waals surface area contributed by atoms with Gasteiger partial charge in [-0.05, 0) is 67.6 Å². The van der Waals surface area contributed by atoms with Crippen LogP contribution < -0.4 is 14.8 Å². The zero-order valence-corrected chi connectivity index (χ0v) is 19.1. The fourth-order valence-electron chi connectivity index (χ4n) is 3.69. The molecule has 6 nitrogen and oxygen atoms in total. The third-order valence-electron chi connectivity index (χ3n) is 5.72. The molecule has 0 atom stereocenters. The van der Waals surface area contributed by atoms with Crippen LogP contribution in [0.2, 0.25) is 0 Å². The highest BCUT2D eigenvalue weighted by molar-refractivity contribution is 5.91. The molecule has 1 aliphatic rings. The van der Waals surface area contributed by atoms with Crippen LogP contribution in [0, 0.1) is 0 Å². The summed E-state index contributed by atoms with van der Waals surface area (Å²) in [5.74, 6) is 1.91. The molecule has 0 aromatic heterocycles. The smallest absolute Gasteiger partial charge is 0.262 e. The van der Waals surface area contributed by atoms with Gasteiger partial charge >= 0.3 is 0 Å². The average molecular weight is 446 g/mol. The van der Waals surface area contributed by atoms with Crippen molar-refractivity contribution in [2.45, 2.75) is 6.42 Å². The topological polar surface area (TPSA) is 54.0 Å². The lowest BCUT2D eigenvalue weighted by molar-refractivity contribution is -0.118. The Bertz CT molecular complexity index is 999. The molecular weight excluding hydrogens is 414 g/mol. The van der Waals surface area contributed by atoms with E-state index in [2.05, 4.69) is 34.3 Å². The van der Waals surface area contributed by atoms with Crippen molar-refractivity contribution >= 4 is 11.6 Å². The summed E-state index contributed by atoms with van der Waals surface area (Å²) in [5.41, 5.74) is 2.06. The lowest BCUT2D eigenvalue weighted by Gasteiger charge is -2.32. The summed E-state index contributed by atoms with van der Waals surface area (Å²) in [4.78, 5) is 17.1. The molecule has 172 valence electrons. The number of ether oxygens (including phenoxy) is 2. The number of carbonyl (C=O) groups is 1. The third kappa shape index (κ3) is 7.34. The summed E-state index contributed by atoms with van der Waals surface area (Å²) in [6.07, 6.45) is 1.02. The number of rotatable bonds is 9. The van der Waals surface area contributed by atoms with E-state index in [-0.39, 0.29) is 12.5 Å². The number of piperazine rings is 1. The van der Waals surface area contributed by atoms with Gasteiger partial charge in [0.2, 0.25) is 0 Å². The fraction of sp³-hybridized carbons (Fsp3) is 0.296. The molecule has 0 saturated carbocycles. The molecule has 3 aromatic rings. The Kier molecular flexibility index (Phi) is 7.95. The van der Waals surface area contributed by atoms with Gasteiger partial charge in [0.25, 0.3) is 5.91 Å². The molecule has 0 spiro atoms. The minimum Gasteiger partial charge on any atom is -0.484 e. The van der Waals surface area contributed by atoms with Gasteiger partial charge in [-0.2, -0.15) is 0 Å². The Morgan fingerprint density at radius 2 is 1.45 bits per heavy atom. The average Bonchev–Trinajstić information content (AvgIpc) is 2.85. The van der Waals surface area contributed by atoms with Crippen LogP contribution in [0.25, 0.3) is 0 Å². The molecule has 1 heterocycles. The number of nitrogens with zero attached hydrogens (tertiary/aromatic N) is 2. The lowest BCUT2D eigenvalue weighted by Crippen LogP contribution is -2.45. The second-order valence-electron chi connectivity index (χ2n) is 8.32. The van der Waals surface area contributed by atoms with E-state index in [0.29, 0.717) is 11.5 Å². The van der Waals surface area contributed by atoms with Crippen LogP contribution in [0.3, 0.4) is 0 Å². The minimum absolute atomic E-state index is 0.0515. The lowest BCUT2D eigenvalue weighted by atomic mass is 10.1. The summed E-state index contributed by atoms with van der Waals surface area (Å²) in [5, 5.41) is 2.89. The van der Waals surface area contributed by atoms with Crippen molar-refractivity contribution in [2.75, 3.05) is 51.7 Å². The molecule has 1 N–H and O–H groups in total. The Morgan fingerprint density at radius 3 is 2.15 bits per heavy atom. The van der Waals surface area contributed by atoms with E-state index >= 15 is 0 Å². The van der Waals surface area contributed by atoms with Crippen molar-refractivity contribution in [3.8, 4) is 17.2 Å². The van der Waals surface area contributed by atoms with Gasteiger partial charge in [0.15, 0.2) is 6.61 Å². The highest BCUT2D eigenvalue weighted by Crippen LogP contribution is 2.23. The van der Waals surface area contributed by atoms with Crippen molar-refractivity contribution in [3.05, 3.63) is 84.4 Å². The molecule has 0 radical (unpaired) electrons. The Labute approximate surface area is 195 Å². The summed E-state index contributed by atoms with van der Waals surface area (Å²) < 4.78 is 11.4. The molecule has 0 bridgehead atoms. The van der Waals surface area contributed by atoms with Gasteiger partial charge in [-0.1, -0.05) is 30.3 Å². The highest BCUT2D eigenvalue weighted by Gasteiger charge is 2.13. The largest absolute Gasteiger partial charge is 0.484 e. The number of nitrogens with one attached hydrogen (secondary N) is 1. The first-order valence-corrected chi connectivity index (χ1v) is 11.4. The number of anilines is 1. The SMILES string of the molecule is CN1CCN(CCc2ccc(NC(=O)COc3ccc(Oc4ccccc4)cc3)cc2)CC1. The van der Waals surface area contributed by atoms with Crippen LogP contribution in [0.4, 0.5) is 5.69 Å². The molecule has 1 fully saturated rings. The van der Waals surface area contributed by atoms with Crippen molar-refractivity contribution in [1.82, 2.24) is 9.80 Å². The van der Waals surface area contributed by atoms with Gasteiger partial charge in [-0.25, -0.2) is 0 Å². The maximum atomic E-state index is 12.3. The molecule has 0 aliphatic carbocycles. The number of amides is 1. The van der Waals surface area contributed by atoms with Gasteiger partial charge in [-0.15, -0.1) is 0 Å². The molecule has 0 unspecified atom stereocenters. The number of hydrogen-bond acceptors (Lipinski definition) is 5. The van der Waals surface area contributed by atoms with Crippen LogP contribution in [0.15, 0.2) is 78.9 Å². The van der Waals surface area contributed by atoms with Crippen LogP contribution in [-0.2, 0) is 11.2 Å². The second-order valence-corrected chi connectivity index (χ2v) is 8.32. The molecule has 1 amide bonds. The van der Waals surface area contributed by atoms with Crippen molar-refractivity contribution in [2.24, 2.45) is 0 Å². The van der Waals surface area contributed by atoms with E-state index in [0.717, 1.165) is 50.6 Å². The number of benzene rings is 3. The zero-order valence-electron chi connectivity index (χ0n) is 19.1. The fourth-order valence-corrected chi connectivity index (χ4v) is 3.69. The summed E-state index contributed by atoms with van der Waals surface area (Å²) in [7, 11) is 2.17. The summed E-state index contributed by atoms with van der Waals surface area (Å²) in [6, 6.07) is 24.9. The van der Waals surface area contributed by atoms with Gasteiger partial charge < -0.3 is 24.6 Å². The monoisotopic (exact) mass is 445 g/mol. The van der Waals surface area contributed by atoms with Crippen LogP contribution >= 0.6 is 0 Å². The minimum atomic E-state index is -0.190. The van der Waals surface area contributed by atoms with Gasteiger partial charge in [0.1, 0.15) is 17.2 Å². The summed E-state index contributed by atoms with van der Waals surface area (Å²) in [6.45, 7) is 5.56.